The van der Waals surface area contributed by atoms with Crippen molar-refractivity contribution in [1.29, 1.82) is 0 Å². The summed E-state index contributed by atoms with van der Waals surface area (Å²) in [6.07, 6.45) is 3.20. The number of para-hydroxylation sites is 1. The van der Waals surface area contributed by atoms with Crippen LogP contribution < -0.4 is 10.1 Å². The van der Waals surface area contributed by atoms with Crippen molar-refractivity contribution >= 4 is 5.91 Å². The van der Waals surface area contributed by atoms with Gasteiger partial charge in [-0.1, -0.05) is 12.1 Å². The Labute approximate surface area is 125 Å². The Hall–Kier alpha value is -1.62. The average molecular weight is 294 g/mol. The van der Waals surface area contributed by atoms with E-state index in [4.69, 9.17) is 4.74 Å². The highest BCUT2D eigenvalue weighted by atomic mass is 19.1. The predicted octanol–water partition coefficient (Wildman–Crippen LogP) is 2.20. The van der Waals surface area contributed by atoms with Gasteiger partial charge in [0.05, 0.1) is 6.61 Å². The lowest BCUT2D eigenvalue weighted by Crippen LogP contribution is -2.40. The van der Waals surface area contributed by atoms with E-state index in [0.29, 0.717) is 25.5 Å². The average Bonchev–Trinajstić information content (AvgIpc) is 2.94. The Kier molecular flexibility index (Phi) is 5.99. The Morgan fingerprint density at radius 3 is 3.05 bits per heavy atom. The zero-order valence-electron chi connectivity index (χ0n) is 12.5. The highest BCUT2D eigenvalue weighted by molar-refractivity contribution is 5.76. The third-order valence-electron chi connectivity index (χ3n) is 3.77. The number of halogens is 1. The molecule has 5 heteroatoms. The van der Waals surface area contributed by atoms with Gasteiger partial charge in [0, 0.05) is 25.6 Å². The van der Waals surface area contributed by atoms with Gasteiger partial charge < -0.3 is 15.0 Å². The molecule has 0 aliphatic carbocycles. The number of hydrogen-bond acceptors (Lipinski definition) is 3. The van der Waals surface area contributed by atoms with Crippen LogP contribution in [0.15, 0.2) is 24.3 Å². The molecule has 0 unspecified atom stereocenters. The van der Waals surface area contributed by atoms with Gasteiger partial charge in [0.1, 0.15) is 0 Å². The van der Waals surface area contributed by atoms with Crippen LogP contribution >= 0.6 is 0 Å². The van der Waals surface area contributed by atoms with Crippen molar-refractivity contribution in [2.45, 2.75) is 31.7 Å². The van der Waals surface area contributed by atoms with E-state index in [9.17, 15) is 9.18 Å². The fraction of sp³-hybridized carbons (Fsp3) is 0.562. The van der Waals surface area contributed by atoms with Crippen LogP contribution in [0.25, 0.3) is 0 Å². The molecule has 1 fully saturated rings. The van der Waals surface area contributed by atoms with Crippen LogP contribution in [0.1, 0.15) is 25.7 Å². The SMILES string of the molecule is CNC[C@H]1CCCN1C(=O)CCCOc1ccccc1F. The maximum atomic E-state index is 13.4. The highest BCUT2D eigenvalue weighted by Gasteiger charge is 2.27. The summed E-state index contributed by atoms with van der Waals surface area (Å²) >= 11 is 0. The lowest BCUT2D eigenvalue weighted by Gasteiger charge is -2.24. The first kappa shape index (κ1) is 15.8. The van der Waals surface area contributed by atoms with Gasteiger partial charge in [0.15, 0.2) is 11.6 Å². The number of benzene rings is 1. The Balaban J connectivity index is 1.71. The normalized spacial score (nSPS) is 18.0. The van der Waals surface area contributed by atoms with E-state index >= 15 is 0 Å². The number of nitrogens with zero attached hydrogens (tertiary/aromatic N) is 1. The number of carbonyl (C=O) groups is 1. The third kappa shape index (κ3) is 4.43. The van der Waals surface area contributed by atoms with Crippen LogP contribution in [0, 0.1) is 5.82 Å². The van der Waals surface area contributed by atoms with Crippen LogP contribution in [0.5, 0.6) is 5.75 Å². The molecule has 1 aromatic carbocycles. The second kappa shape index (κ2) is 7.98. The van der Waals surface area contributed by atoms with Crippen LogP contribution in [0.2, 0.25) is 0 Å². The molecule has 0 spiro atoms. The van der Waals surface area contributed by atoms with Crippen LogP contribution in [-0.2, 0) is 4.79 Å². The number of rotatable bonds is 7. The summed E-state index contributed by atoms with van der Waals surface area (Å²) < 4.78 is 18.7. The Morgan fingerprint density at radius 1 is 1.48 bits per heavy atom. The molecule has 1 N–H and O–H groups in total. The highest BCUT2D eigenvalue weighted by Crippen LogP contribution is 2.19. The first-order chi connectivity index (χ1) is 10.2. The maximum absolute atomic E-state index is 13.4. The first-order valence-electron chi connectivity index (χ1n) is 7.53. The Bertz CT molecular complexity index is 467. The molecule has 21 heavy (non-hydrogen) atoms. The third-order valence-corrected chi connectivity index (χ3v) is 3.77. The molecule has 1 heterocycles. The quantitative estimate of drug-likeness (QED) is 0.784. The van der Waals surface area contributed by atoms with Crippen molar-refractivity contribution in [3.63, 3.8) is 0 Å². The first-order valence-corrected chi connectivity index (χ1v) is 7.53. The summed E-state index contributed by atoms with van der Waals surface area (Å²) in [5.41, 5.74) is 0. The van der Waals surface area contributed by atoms with Gasteiger partial charge in [0.25, 0.3) is 0 Å². The number of likely N-dealkylation sites (N-methyl/N-ethyl adjacent to an activating group) is 1. The van der Waals surface area contributed by atoms with Crippen molar-refractivity contribution in [2.75, 3.05) is 26.7 Å². The van der Waals surface area contributed by atoms with E-state index in [-0.39, 0.29) is 17.5 Å². The molecule has 0 saturated carbocycles. The van der Waals surface area contributed by atoms with Gasteiger partial charge in [-0.05, 0) is 38.4 Å². The monoisotopic (exact) mass is 294 g/mol. The van der Waals surface area contributed by atoms with E-state index in [1.807, 2.05) is 11.9 Å². The largest absolute Gasteiger partial charge is 0.491 e. The second-order valence-electron chi connectivity index (χ2n) is 5.32. The lowest BCUT2D eigenvalue weighted by atomic mass is 10.2. The minimum absolute atomic E-state index is 0.171. The van der Waals surface area contributed by atoms with Gasteiger partial charge in [-0.2, -0.15) is 0 Å². The zero-order valence-corrected chi connectivity index (χ0v) is 12.5. The summed E-state index contributed by atoms with van der Waals surface area (Å²) in [5.74, 6) is 0.0570. The van der Waals surface area contributed by atoms with E-state index in [2.05, 4.69) is 5.32 Å². The number of nitrogens with one attached hydrogen (secondary N) is 1. The summed E-state index contributed by atoms with van der Waals surface area (Å²) in [5, 5.41) is 3.13. The van der Waals surface area contributed by atoms with Crippen molar-refractivity contribution in [1.82, 2.24) is 10.2 Å². The fourth-order valence-corrected chi connectivity index (χ4v) is 2.72. The molecular formula is C16H23FN2O2. The second-order valence-corrected chi connectivity index (χ2v) is 5.32. The smallest absolute Gasteiger partial charge is 0.222 e. The van der Waals surface area contributed by atoms with E-state index in [0.717, 1.165) is 25.9 Å². The molecule has 1 aliphatic rings. The number of hydrogen-bond donors (Lipinski definition) is 1. The molecule has 4 nitrogen and oxygen atoms in total. The van der Waals surface area contributed by atoms with Gasteiger partial charge in [0.2, 0.25) is 5.91 Å². The zero-order chi connectivity index (χ0) is 15.1. The van der Waals surface area contributed by atoms with E-state index in [1.54, 1.807) is 18.2 Å². The molecule has 2 rings (SSSR count). The van der Waals surface area contributed by atoms with Crippen molar-refractivity contribution < 1.29 is 13.9 Å². The minimum Gasteiger partial charge on any atom is -0.491 e. The van der Waals surface area contributed by atoms with Gasteiger partial charge in [-0.25, -0.2) is 4.39 Å². The molecule has 0 aromatic heterocycles. The summed E-state index contributed by atoms with van der Waals surface area (Å²) in [6.45, 7) is 2.05. The number of amides is 1. The standard InChI is InChI=1S/C16H23FN2O2/c1-18-12-13-6-4-10-19(13)16(20)9-5-11-21-15-8-3-2-7-14(15)17/h2-3,7-8,13,18H,4-6,9-12H2,1H3/t13-/m1/s1. The van der Waals surface area contributed by atoms with Gasteiger partial charge in [-0.15, -0.1) is 0 Å². The summed E-state index contributed by atoms with van der Waals surface area (Å²) in [4.78, 5) is 14.1. The van der Waals surface area contributed by atoms with Gasteiger partial charge >= 0.3 is 0 Å². The molecule has 116 valence electrons. The maximum Gasteiger partial charge on any atom is 0.222 e. The van der Waals surface area contributed by atoms with Crippen LogP contribution in [0.3, 0.4) is 0 Å². The number of likely N-dealkylation sites (tertiary alicyclic amines) is 1. The molecule has 1 aliphatic heterocycles. The molecular weight excluding hydrogens is 271 g/mol. The van der Waals surface area contributed by atoms with Crippen LogP contribution in [0.4, 0.5) is 4.39 Å². The molecule has 0 radical (unpaired) electrons. The molecule has 0 bridgehead atoms. The fourth-order valence-electron chi connectivity index (χ4n) is 2.72. The topological polar surface area (TPSA) is 41.6 Å². The summed E-state index contributed by atoms with van der Waals surface area (Å²) in [6, 6.07) is 6.64. The van der Waals surface area contributed by atoms with Gasteiger partial charge in [-0.3, -0.25) is 4.79 Å². The molecule has 1 aromatic rings. The molecule has 1 atom stereocenters. The number of ether oxygens (including phenoxy) is 1. The van der Waals surface area contributed by atoms with Crippen molar-refractivity contribution in [3.8, 4) is 5.75 Å². The lowest BCUT2D eigenvalue weighted by molar-refractivity contribution is -0.132. The minimum atomic E-state index is -0.363. The number of carbonyl (C=O) groups excluding carboxylic acids is 1. The Morgan fingerprint density at radius 2 is 2.29 bits per heavy atom. The van der Waals surface area contributed by atoms with E-state index in [1.165, 1.54) is 6.07 Å². The molecule has 1 amide bonds. The summed E-state index contributed by atoms with van der Waals surface area (Å²) in [7, 11) is 1.91. The van der Waals surface area contributed by atoms with Crippen molar-refractivity contribution in [2.24, 2.45) is 0 Å². The van der Waals surface area contributed by atoms with Crippen molar-refractivity contribution in [3.05, 3.63) is 30.1 Å². The van der Waals surface area contributed by atoms with Crippen LogP contribution in [-0.4, -0.2) is 43.6 Å². The molecule has 1 saturated heterocycles. The predicted molar refractivity (Wildman–Crippen MR) is 79.8 cm³/mol. The van der Waals surface area contributed by atoms with E-state index < -0.39 is 0 Å².